The summed E-state index contributed by atoms with van der Waals surface area (Å²) in [5, 5.41) is 0. The average molecular weight is 430 g/mol. The third kappa shape index (κ3) is 3.65. The van der Waals surface area contributed by atoms with E-state index < -0.39 is 6.35 Å². The van der Waals surface area contributed by atoms with Crippen LogP contribution in [-0.2, 0) is 4.28 Å². The molecule has 0 fully saturated rings. The Bertz CT molecular complexity index is 1240. The molecule has 0 bridgehead atoms. The second kappa shape index (κ2) is 8.54. The van der Waals surface area contributed by atoms with E-state index in [4.69, 9.17) is 0 Å². The fourth-order valence-corrected chi connectivity index (χ4v) is 5.56. The molecule has 0 amide bonds. The van der Waals surface area contributed by atoms with Crippen LogP contribution in [0.2, 0.25) is 0 Å². The maximum atomic E-state index is 3.64. The smallest absolute Gasteiger partial charge is 0.378 e. The predicted octanol–water partition coefficient (Wildman–Crippen LogP) is 6.02. The summed E-state index contributed by atoms with van der Waals surface area (Å²) in [7, 11) is 2.21. The summed E-state index contributed by atoms with van der Waals surface area (Å²) in [6.07, 6.45) is -1.39. The number of rotatable bonds is 4. The molecule has 0 N–H and O–H groups in total. The van der Waals surface area contributed by atoms with Crippen molar-refractivity contribution in [2.45, 2.75) is 20.8 Å². The van der Waals surface area contributed by atoms with Gasteiger partial charge in [-0.1, -0.05) is 131 Å². The standard InChI is InChI=1S/C31H31BO/c1-23-10-16-27(17-11-23)31-30(26-8-6-5-7-9-26)22-33(4)32(31,28-18-12-24(2)13-19-28)29-20-14-25(3)15-21-29/h5-21H,22H2,1-4H3. The summed E-state index contributed by atoms with van der Waals surface area (Å²) >= 11 is 0. The quantitative estimate of drug-likeness (QED) is 0.275. The molecule has 0 aromatic heterocycles. The number of hydrogen-bond donors (Lipinski definition) is 0. The highest BCUT2D eigenvalue weighted by molar-refractivity contribution is 7.13. The average Bonchev–Trinajstić information content (AvgIpc) is 3.15. The zero-order valence-electron chi connectivity index (χ0n) is 20.0. The van der Waals surface area contributed by atoms with Gasteiger partial charge in [-0.2, -0.15) is 0 Å². The summed E-state index contributed by atoms with van der Waals surface area (Å²) in [5.74, 6) is 0. The van der Waals surface area contributed by atoms with Crippen LogP contribution >= 0.6 is 0 Å². The van der Waals surface area contributed by atoms with Crippen LogP contribution in [0.5, 0.6) is 0 Å². The normalized spacial score (nSPS) is 15.8. The highest BCUT2D eigenvalue weighted by Crippen LogP contribution is 2.43. The van der Waals surface area contributed by atoms with Crippen LogP contribution in [0.1, 0.15) is 27.8 Å². The number of benzene rings is 4. The van der Waals surface area contributed by atoms with Crippen molar-refractivity contribution in [2.24, 2.45) is 0 Å². The van der Waals surface area contributed by atoms with Crippen molar-refractivity contribution in [2.75, 3.05) is 13.7 Å². The molecular formula is C31H31BO. The molecule has 164 valence electrons. The first-order valence-electron chi connectivity index (χ1n) is 11.8. The van der Waals surface area contributed by atoms with Crippen LogP contribution < -0.4 is 10.9 Å². The minimum absolute atomic E-state index is 0.828. The predicted molar refractivity (Wildman–Crippen MR) is 144 cm³/mol. The van der Waals surface area contributed by atoms with Gasteiger partial charge in [0.05, 0.1) is 7.11 Å². The van der Waals surface area contributed by atoms with E-state index in [2.05, 4.69) is 135 Å². The Labute approximate surface area is 198 Å². The minimum Gasteiger partial charge on any atom is -0.659 e. The third-order valence-corrected chi connectivity index (χ3v) is 7.29. The van der Waals surface area contributed by atoms with Crippen LogP contribution in [0.3, 0.4) is 0 Å². The molecule has 0 saturated carbocycles. The van der Waals surface area contributed by atoms with Crippen LogP contribution in [0.4, 0.5) is 0 Å². The third-order valence-electron chi connectivity index (χ3n) is 7.29. The first-order chi connectivity index (χ1) is 16.0. The van der Waals surface area contributed by atoms with Gasteiger partial charge >= 0.3 is 6.35 Å². The van der Waals surface area contributed by atoms with Crippen LogP contribution in [0.25, 0.3) is 11.0 Å². The van der Waals surface area contributed by atoms with Crippen LogP contribution in [0, 0.1) is 20.8 Å². The second-order valence-electron chi connectivity index (χ2n) is 9.57. The summed E-state index contributed by atoms with van der Waals surface area (Å²) in [6, 6.07) is 38.2. The van der Waals surface area contributed by atoms with Crippen molar-refractivity contribution >= 4 is 28.3 Å². The van der Waals surface area contributed by atoms with Crippen LogP contribution in [0.15, 0.2) is 103 Å². The molecular weight excluding hydrogens is 399 g/mol. The van der Waals surface area contributed by atoms with E-state index in [9.17, 15) is 0 Å². The molecule has 0 unspecified atom stereocenters. The SMILES string of the molecule is Cc1ccc(C2=C(c3ccccc3)C[O+](C)[B-]2(c2ccc(C)cc2)c2ccc(C)cc2)cc1. The first kappa shape index (κ1) is 21.5. The van der Waals surface area contributed by atoms with E-state index in [1.807, 2.05) is 0 Å². The Balaban J connectivity index is 1.89. The molecule has 1 aliphatic rings. The van der Waals surface area contributed by atoms with E-state index in [0.717, 1.165) is 6.61 Å². The van der Waals surface area contributed by atoms with Gasteiger partial charge in [0.1, 0.15) is 6.61 Å². The molecule has 2 heteroatoms. The molecule has 0 radical (unpaired) electrons. The Morgan fingerprint density at radius 1 is 0.545 bits per heavy atom. The lowest BCUT2D eigenvalue weighted by atomic mass is 9.27. The monoisotopic (exact) mass is 430 g/mol. The summed E-state index contributed by atoms with van der Waals surface area (Å²) in [4.78, 5) is 0. The molecule has 5 rings (SSSR count). The van der Waals surface area contributed by atoms with Crippen molar-refractivity contribution < 1.29 is 4.28 Å². The Morgan fingerprint density at radius 3 is 1.48 bits per heavy atom. The van der Waals surface area contributed by atoms with Gasteiger partial charge in [-0.15, -0.1) is 10.9 Å². The lowest BCUT2D eigenvalue weighted by molar-refractivity contribution is 0.0930. The molecule has 4 aromatic carbocycles. The van der Waals surface area contributed by atoms with Gasteiger partial charge in [-0.3, -0.25) is 0 Å². The highest BCUT2D eigenvalue weighted by Gasteiger charge is 2.51. The highest BCUT2D eigenvalue weighted by atomic mass is 16.6. The fourth-order valence-electron chi connectivity index (χ4n) is 5.56. The summed E-state index contributed by atoms with van der Waals surface area (Å²) < 4.78 is 3.64. The summed E-state index contributed by atoms with van der Waals surface area (Å²) in [6.45, 7) is 7.30. The molecule has 1 nitrogen and oxygen atoms in total. The fraction of sp³-hybridized carbons (Fsp3) is 0.161. The number of hydrogen-bond acceptors (Lipinski definition) is 0. The van der Waals surface area contributed by atoms with Crippen molar-refractivity contribution in [3.8, 4) is 0 Å². The van der Waals surface area contributed by atoms with Crippen molar-refractivity contribution in [1.82, 2.24) is 0 Å². The van der Waals surface area contributed by atoms with E-state index in [1.165, 1.54) is 49.8 Å². The van der Waals surface area contributed by atoms with Gasteiger partial charge in [0, 0.05) is 5.57 Å². The topological polar surface area (TPSA) is 2.70 Å². The van der Waals surface area contributed by atoms with E-state index in [1.54, 1.807) is 0 Å². The molecule has 33 heavy (non-hydrogen) atoms. The molecule has 0 spiro atoms. The first-order valence-corrected chi connectivity index (χ1v) is 11.8. The molecule has 4 aromatic rings. The maximum absolute atomic E-state index is 3.64. The molecule has 1 aliphatic heterocycles. The second-order valence-corrected chi connectivity index (χ2v) is 9.57. The van der Waals surface area contributed by atoms with E-state index in [-0.39, 0.29) is 0 Å². The Hall–Kier alpha value is -3.36. The van der Waals surface area contributed by atoms with Gasteiger partial charge in [-0.05, 0) is 26.3 Å². The summed E-state index contributed by atoms with van der Waals surface area (Å²) in [5.41, 5.74) is 11.9. The number of aryl methyl sites for hydroxylation is 3. The lowest BCUT2D eigenvalue weighted by Crippen LogP contribution is -2.64. The zero-order chi connectivity index (χ0) is 23.0. The largest absolute Gasteiger partial charge is 0.659 e. The maximum Gasteiger partial charge on any atom is 0.378 e. The van der Waals surface area contributed by atoms with Gasteiger partial charge in [0.2, 0.25) is 0 Å². The molecule has 0 aliphatic carbocycles. The molecule has 0 saturated heterocycles. The molecule has 1 heterocycles. The van der Waals surface area contributed by atoms with Crippen LogP contribution in [-0.4, -0.2) is 20.1 Å². The van der Waals surface area contributed by atoms with Crippen molar-refractivity contribution in [1.29, 1.82) is 0 Å². The van der Waals surface area contributed by atoms with Gasteiger partial charge < -0.3 is 4.28 Å². The van der Waals surface area contributed by atoms with E-state index >= 15 is 0 Å². The van der Waals surface area contributed by atoms with Crippen molar-refractivity contribution in [3.63, 3.8) is 0 Å². The molecule has 0 atom stereocenters. The van der Waals surface area contributed by atoms with Gasteiger partial charge in [-0.25, -0.2) is 0 Å². The van der Waals surface area contributed by atoms with E-state index in [0.29, 0.717) is 0 Å². The lowest BCUT2D eigenvalue weighted by Gasteiger charge is -2.43. The zero-order valence-corrected chi connectivity index (χ0v) is 20.0. The van der Waals surface area contributed by atoms with Crippen molar-refractivity contribution in [3.05, 3.63) is 131 Å². The Kier molecular flexibility index (Phi) is 5.56. The van der Waals surface area contributed by atoms with Gasteiger partial charge in [0.15, 0.2) is 0 Å². The minimum atomic E-state index is -1.39. The Morgan fingerprint density at radius 2 is 1.00 bits per heavy atom. The van der Waals surface area contributed by atoms with Gasteiger partial charge in [0.25, 0.3) is 0 Å².